The third kappa shape index (κ3) is 3.61. The molecule has 0 radical (unpaired) electrons. The summed E-state index contributed by atoms with van der Waals surface area (Å²) in [6.45, 7) is 4.48. The van der Waals surface area contributed by atoms with Crippen LogP contribution in [0.15, 0.2) is 42.5 Å². The predicted molar refractivity (Wildman–Crippen MR) is 72.8 cm³/mol. The van der Waals surface area contributed by atoms with E-state index in [1.165, 1.54) is 11.6 Å². The molecular weight excluding hydrogens is 244 g/mol. The molecule has 3 heteroatoms. The summed E-state index contributed by atoms with van der Waals surface area (Å²) in [5, 5.41) is 3.20. The van der Waals surface area contributed by atoms with Crippen molar-refractivity contribution in [1.29, 1.82) is 0 Å². The van der Waals surface area contributed by atoms with Crippen LogP contribution < -0.4 is 5.32 Å². The fraction of sp³-hybridized carbons (Fsp3) is 0.250. The van der Waals surface area contributed by atoms with E-state index in [0.717, 1.165) is 17.7 Å². The van der Waals surface area contributed by atoms with Gasteiger partial charge in [-0.2, -0.15) is 0 Å². The first-order valence-corrected chi connectivity index (χ1v) is 6.30. The second-order valence-corrected chi connectivity index (χ2v) is 4.76. The van der Waals surface area contributed by atoms with Crippen molar-refractivity contribution in [3.8, 4) is 0 Å². The first-order valence-electron chi connectivity index (χ1n) is 6.30. The van der Waals surface area contributed by atoms with E-state index in [2.05, 4.69) is 11.4 Å². The topological polar surface area (TPSA) is 12.0 Å². The van der Waals surface area contributed by atoms with Gasteiger partial charge in [-0.05, 0) is 37.6 Å². The number of halogens is 2. The highest BCUT2D eigenvalue weighted by molar-refractivity contribution is 5.24. The Balaban J connectivity index is 2.05. The second-order valence-electron chi connectivity index (χ2n) is 4.76. The normalized spacial score (nSPS) is 12.4. The molecule has 0 spiro atoms. The zero-order valence-electron chi connectivity index (χ0n) is 11.1. The van der Waals surface area contributed by atoms with E-state index in [-0.39, 0.29) is 11.9 Å². The maximum atomic E-state index is 13.6. The van der Waals surface area contributed by atoms with Gasteiger partial charge in [0, 0.05) is 18.2 Å². The minimum atomic E-state index is -0.416. The Morgan fingerprint density at radius 1 is 1.11 bits per heavy atom. The third-order valence-corrected chi connectivity index (χ3v) is 3.12. The van der Waals surface area contributed by atoms with Crippen LogP contribution in [0.4, 0.5) is 8.78 Å². The Kier molecular flexibility index (Phi) is 4.27. The average Bonchev–Trinajstić information content (AvgIpc) is 2.39. The van der Waals surface area contributed by atoms with Crippen LogP contribution in [0, 0.1) is 18.6 Å². The van der Waals surface area contributed by atoms with Gasteiger partial charge in [0.1, 0.15) is 11.6 Å². The number of nitrogens with one attached hydrogen (secondary N) is 1. The van der Waals surface area contributed by atoms with Crippen molar-refractivity contribution in [2.24, 2.45) is 0 Å². The van der Waals surface area contributed by atoms with Crippen LogP contribution in [0.5, 0.6) is 0 Å². The van der Waals surface area contributed by atoms with Gasteiger partial charge in [0.2, 0.25) is 0 Å². The summed E-state index contributed by atoms with van der Waals surface area (Å²) < 4.78 is 26.7. The van der Waals surface area contributed by atoms with Crippen molar-refractivity contribution in [2.45, 2.75) is 26.4 Å². The first-order chi connectivity index (χ1) is 9.06. The molecule has 0 aliphatic carbocycles. The van der Waals surface area contributed by atoms with Gasteiger partial charge < -0.3 is 5.32 Å². The van der Waals surface area contributed by atoms with Crippen LogP contribution in [-0.4, -0.2) is 0 Å². The maximum Gasteiger partial charge on any atom is 0.128 e. The quantitative estimate of drug-likeness (QED) is 0.872. The molecule has 0 amide bonds. The molecule has 1 N–H and O–H groups in total. The van der Waals surface area contributed by atoms with Crippen LogP contribution in [0.1, 0.15) is 29.7 Å². The SMILES string of the molecule is Cc1cccc(CNC(C)c2cc(F)ccc2F)c1. The molecule has 2 rings (SSSR count). The van der Waals surface area contributed by atoms with Crippen molar-refractivity contribution in [2.75, 3.05) is 0 Å². The molecule has 1 unspecified atom stereocenters. The van der Waals surface area contributed by atoms with E-state index in [9.17, 15) is 8.78 Å². The molecule has 0 bridgehead atoms. The Morgan fingerprint density at radius 2 is 1.89 bits per heavy atom. The summed E-state index contributed by atoms with van der Waals surface area (Å²) in [5.41, 5.74) is 2.67. The summed E-state index contributed by atoms with van der Waals surface area (Å²) in [7, 11) is 0. The van der Waals surface area contributed by atoms with E-state index in [1.54, 1.807) is 0 Å². The van der Waals surface area contributed by atoms with Gasteiger partial charge >= 0.3 is 0 Å². The Bertz CT molecular complexity index is 566. The molecule has 0 aromatic heterocycles. The molecule has 0 fully saturated rings. The number of rotatable bonds is 4. The van der Waals surface area contributed by atoms with Crippen molar-refractivity contribution in [3.05, 3.63) is 70.8 Å². The van der Waals surface area contributed by atoms with Gasteiger partial charge in [-0.3, -0.25) is 0 Å². The largest absolute Gasteiger partial charge is 0.306 e. The number of hydrogen-bond donors (Lipinski definition) is 1. The lowest BCUT2D eigenvalue weighted by Gasteiger charge is -2.15. The molecule has 100 valence electrons. The van der Waals surface area contributed by atoms with Crippen molar-refractivity contribution in [3.63, 3.8) is 0 Å². The fourth-order valence-corrected chi connectivity index (χ4v) is 2.05. The highest BCUT2D eigenvalue weighted by atomic mass is 19.1. The maximum absolute atomic E-state index is 13.6. The Hall–Kier alpha value is -1.74. The standard InChI is InChI=1S/C16H17F2N/c1-11-4-3-5-13(8-11)10-19-12(2)15-9-14(17)6-7-16(15)18/h3-9,12,19H,10H2,1-2H3. The van der Waals surface area contributed by atoms with E-state index in [0.29, 0.717) is 12.1 Å². The number of hydrogen-bond acceptors (Lipinski definition) is 1. The lowest BCUT2D eigenvalue weighted by atomic mass is 10.1. The Morgan fingerprint density at radius 3 is 2.63 bits per heavy atom. The third-order valence-electron chi connectivity index (χ3n) is 3.12. The summed E-state index contributed by atoms with van der Waals surface area (Å²) in [4.78, 5) is 0. The number of benzene rings is 2. The van der Waals surface area contributed by atoms with Crippen LogP contribution in [-0.2, 0) is 6.54 Å². The molecule has 1 atom stereocenters. The lowest BCUT2D eigenvalue weighted by molar-refractivity contribution is 0.518. The van der Waals surface area contributed by atoms with E-state index in [4.69, 9.17) is 0 Å². The van der Waals surface area contributed by atoms with Crippen LogP contribution in [0.25, 0.3) is 0 Å². The van der Waals surface area contributed by atoms with Crippen molar-refractivity contribution >= 4 is 0 Å². The molecule has 19 heavy (non-hydrogen) atoms. The predicted octanol–water partition coefficient (Wildman–Crippen LogP) is 4.12. The molecule has 0 aliphatic heterocycles. The van der Waals surface area contributed by atoms with Crippen LogP contribution in [0.3, 0.4) is 0 Å². The monoisotopic (exact) mass is 261 g/mol. The second kappa shape index (κ2) is 5.93. The molecule has 0 saturated carbocycles. The summed E-state index contributed by atoms with van der Waals surface area (Å²) in [5.74, 6) is -0.800. The van der Waals surface area contributed by atoms with Gasteiger partial charge in [0.15, 0.2) is 0 Å². The van der Waals surface area contributed by atoms with E-state index >= 15 is 0 Å². The minimum Gasteiger partial charge on any atom is -0.306 e. The van der Waals surface area contributed by atoms with E-state index in [1.807, 2.05) is 32.0 Å². The van der Waals surface area contributed by atoms with Gasteiger partial charge in [0.05, 0.1) is 0 Å². The van der Waals surface area contributed by atoms with Crippen molar-refractivity contribution < 1.29 is 8.78 Å². The first kappa shape index (κ1) is 13.7. The van der Waals surface area contributed by atoms with Crippen molar-refractivity contribution in [1.82, 2.24) is 5.32 Å². The molecular formula is C16H17F2N. The minimum absolute atomic E-state index is 0.240. The molecule has 2 aromatic rings. The smallest absolute Gasteiger partial charge is 0.128 e. The Labute approximate surface area is 112 Å². The van der Waals surface area contributed by atoms with Gasteiger partial charge in [-0.15, -0.1) is 0 Å². The summed E-state index contributed by atoms with van der Waals surface area (Å²) in [6, 6.07) is 11.4. The summed E-state index contributed by atoms with van der Waals surface area (Å²) in [6.07, 6.45) is 0. The zero-order chi connectivity index (χ0) is 13.8. The molecule has 0 saturated heterocycles. The fourth-order valence-electron chi connectivity index (χ4n) is 2.05. The van der Waals surface area contributed by atoms with E-state index < -0.39 is 5.82 Å². The lowest BCUT2D eigenvalue weighted by Crippen LogP contribution is -2.19. The summed E-state index contributed by atoms with van der Waals surface area (Å²) >= 11 is 0. The average molecular weight is 261 g/mol. The molecule has 0 heterocycles. The highest BCUT2D eigenvalue weighted by Gasteiger charge is 2.11. The number of aryl methyl sites for hydroxylation is 1. The van der Waals surface area contributed by atoms with Gasteiger partial charge in [-0.25, -0.2) is 8.78 Å². The van der Waals surface area contributed by atoms with Crippen LogP contribution >= 0.6 is 0 Å². The molecule has 2 aromatic carbocycles. The zero-order valence-corrected chi connectivity index (χ0v) is 11.1. The molecule has 1 nitrogen and oxygen atoms in total. The van der Waals surface area contributed by atoms with Gasteiger partial charge in [0.25, 0.3) is 0 Å². The highest BCUT2D eigenvalue weighted by Crippen LogP contribution is 2.18. The molecule has 0 aliphatic rings. The van der Waals surface area contributed by atoms with Crippen LogP contribution in [0.2, 0.25) is 0 Å². The van der Waals surface area contributed by atoms with Gasteiger partial charge in [-0.1, -0.05) is 29.8 Å².